The van der Waals surface area contributed by atoms with Gasteiger partial charge in [0.2, 0.25) is 0 Å². The van der Waals surface area contributed by atoms with Crippen molar-refractivity contribution in [1.82, 2.24) is 10.6 Å². The Morgan fingerprint density at radius 2 is 1.57 bits per heavy atom. The Bertz CT molecular complexity index is 971. The van der Waals surface area contributed by atoms with Crippen LogP contribution in [0, 0.1) is 0 Å². The lowest BCUT2D eigenvalue weighted by molar-refractivity contribution is -0.117. The zero-order valence-electron chi connectivity index (χ0n) is 15.3. The summed E-state index contributed by atoms with van der Waals surface area (Å²) in [6, 6.07) is 16.4. The van der Waals surface area contributed by atoms with Crippen LogP contribution in [0.15, 0.2) is 78.1 Å². The maximum Gasteiger partial charge on any atom is 0.407 e. The van der Waals surface area contributed by atoms with E-state index in [1.807, 2.05) is 24.3 Å². The van der Waals surface area contributed by atoms with Crippen molar-refractivity contribution >= 4 is 12.0 Å². The van der Waals surface area contributed by atoms with Gasteiger partial charge >= 0.3 is 6.09 Å². The predicted octanol–water partition coefficient (Wildman–Crippen LogP) is 3.29. The Hall–Kier alpha value is -3.56. The summed E-state index contributed by atoms with van der Waals surface area (Å²) in [4.78, 5) is 23.8. The molecule has 2 N–H and O–H groups in total. The monoisotopic (exact) mass is 372 g/mol. The number of carbonyl (C=O) groups excluding carboxylic acids is 2. The van der Waals surface area contributed by atoms with Crippen molar-refractivity contribution in [1.29, 1.82) is 0 Å². The highest BCUT2D eigenvalue weighted by molar-refractivity contribution is 5.96. The second kappa shape index (κ2) is 7.99. The lowest BCUT2D eigenvalue weighted by Gasteiger charge is -2.14. The minimum atomic E-state index is -0.490. The minimum Gasteiger partial charge on any atom is -0.449 e. The van der Waals surface area contributed by atoms with Crippen LogP contribution >= 0.6 is 0 Å². The van der Waals surface area contributed by atoms with Crippen molar-refractivity contribution in [2.45, 2.75) is 5.92 Å². The number of fused-ring (bicyclic) bond motifs is 3. The van der Waals surface area contributed by atoms with Gasteiger partial charge in [-0.05, 0) is 34.4 Å². The molecule has 2 amide bonds. The molecule has 0 aromatic heterocycles. The highest BCUT2D eigenvalue weighted by Crippen LogP contribution is 2.44. The molecule has 4 rings (SSSR count). The van der Waals surface area contributed by atoms with Crippen LogP contribution in [0.2, 0.25) is 0 Å². The van der Waals surface area contributed by atoms with Gasteiger partial charge in [-0.25, -0.2) is 4.79 Å². The molecule has 0 radical (unpaired) electrons. The largest absolute Gasteiger partial charge is 0.449 e. The van der Waals surface area contributed by atoms with E-state index in [-0.39, 0.29) is 18.4 Å². The number of hydrogen-bond donors (Lipinski definition) is 2. The summed E-state index contributed by atoms with van der Waals surface area (Å²) in [5.41, 5.74) is 8.06. The van der Waals surface area contributed by atoms with Gasteiger partial charge in [-0.2, -0.15) is 0 Å². The Kier molecular flexibility index (Phi) is 5.09. The van der Waals surface area contributed by atoms with Crippen molar-refractivity contribution in [2.75, 3.05) is 19.7 Å². The molecule has 0 bridgehead atoms. The molecule has 0 aliphatic heterocycles. The second-order valence-corrected chi connectivity index (χ2v) is 6.59. The SMILES string of the molecule is O=C(NCCNC(=O)C1=C=CC=C1)OCC1c2ccccc2-c2ccccc21. The summed E-state index contributed by atoms with van der Waals surface area (Å²) in [6.45, 7) is 0.889. The minimum absolute atomic E-state index is 0.0331. The van der Waals surface area contributed by atoms with Gasteiger partial charge in [-0.1, -0.05) is 54.6 Å². The maximum absolute atomic E-state index is 12.0. The molecular formula is C23H20N2O3. The Morgan fingerprint density at radius 3 is 2.21 bits per heavy atom. The molecule has 0 unspecified atom stereocenters. The Labute approximate surface area is 163 Å². The molecule has 0 heterocycles. The van der Waals surface area contributed by atoms with Crippen LogP contribution in [0.25, 0.3) is 11.1 Å². The van der Waals surface area contributed by atoms with Crippen LogP contribution < -0.4 is 10.6 Å². The highest BCUT2D eigenvalue weighted by atomic mass is 16.5. The first-order valence-electron chi connectivity index (χ1n) is 9.24. The van der Waals surface area contributed by atoms with Crippen LogP contribution in [0.5, 0.6) is 0 Å². The average Bonchev–Trinajstić information content (AvgIpc) is 3.36. The zero-order chi connectivity index (χ0) is 19.3. The Morgan fingerprint density at radius 1 is 0.929 bits per heavy atom. The van der Waals surface area contributed by atoms with Gasteiger partial charge in [0, 0.05) is 19.0 Å². The number of amides is 2. The van der Waals surface area contributed by atoms with E-state index in [0.717, 1.165) is 0 Å². The molecule has 0 atom stereocenters. The van der Waals surface area contributed by atoms with Crippen LogP contribution in [-0.2, 0) is 9.53 Å². The van der Waals surface area contributed by atoms with Gasteiger partial charge < -0.3 is 15.4 Å². The van der Waals surface area contributed by atoms with E-state index >= 15 is 0 Å². The average molecular weight is 372 g/mol. The molecule has 2 aliphatic carbocycles. The van der Waals surface area contributed by atoms with Crippen molar-refractivity contribution in [3.8, 4) is 11.1 Å². The van der Waals surface area contributed by atoms with Gasteiger partial charge in [-0.3, -0.25) is 4.79 Å². The normalized spacial score (nSPS) is 13.6. The predicted molar refractivity (Wildman–Crippen MR) is 107 cm³/mol. The fourth-order valence-corrected chi connectivity index (χ4v) is 3.56. The lowest BCUT2D eigenvalue weighted by Crippen LogP contribution is -2.35. The first kappa shape index (κ1) is 17.8. The summed E-state index contributed by atoms with van der Waals surface area (Å²) in [5, 5.41) is 5.39. The van der Waals surface area contributed by atoms with E-state index < -0.39 is 6.09 Å². The number of rotatable bonds is 6. The van der Waals surface area contributed by atoms with E-state index in [9.17, 15) is 9.59 Å². The quantitative estimate of drug-likeness (QED) is 0.604. The molecule has 2 aromatic rings. The number of allylic oxidation sites excluding steroid dienone is 1. The van der Waals surface area contributed by atoms with Crippen LogP contribution in [0.1, 0.15) is 17.0 Å². The van der Waals surface area contributed by atoms with Gasteiger partial charge in [0.1, 0.15) is 6.61 Å². The molecule has 5 nitrogen and oxygen atoms in total. The molecule has 2 aromatic carbocycles. The molecule has 28 heavy (non-hydrogen) atoms. The van der Waals surface area contributed by atoms with Crippen LogP contribution in [0.4, 0.5) is 4.79 Å². The van der Waals surface area contributed by atoms with E-state index in [2.05, 4.69) is 40.6 Å². The van der Waals surface area contributed by atoms with E-state index in [0.29, 0.717) is 18.7 Å². The van der Waals surface area contributed by atoms with Crippen molar-refractivity contribution in [3.63, 3.8) is 0 Å². The number of nitrogens with one attached hydrogen (secondary N) is 2. The lowest BCUT2D eigenvalue weighted by atomic mass is 9.98. The molecule has 140 valence electrons. The van der Waals surface area contributed by atoms with Crippen molar-refractivity contribution < 1.29 is 14.3 Å². The fraction of sp³-hybridized carbons (Fsp3) is 0.174. The second-order valence-electron chi connectivity index (χ2n) is 6.59. The van der Waals surface area contributed by atoms with E-state index in [1.54, 1.807) is 18.2 Å². The van der Waals surface area contributed by atoms with Gasteiger partial charge in [0.25, 0.3) is 5.91 Å². The smallest absolute Gasteiger partial charge is 0.407 e. The third-order valence-corrected chi connectivity index (χ3v) is 4.87. The number of benzene rings is 2. The van der Waals surface area contributed by atoms with E-state index in [4.69, 9.17) is 4.74 Å². The van der Waals surface area contributed by atoms with Gasteiger partial charge in [-0.15, -0.1) is 5.73 Å². The molecule has 2 aliphatic rings. The maximum atomic E-state index is 12.0. The third-order valence-electron chi connectivity index (χ3n) is 4.87. The zero-order valence-corrected chi connectivity index (χ0v) is 15.3. The molecule has 0 saturated carbocycles. The van der Waals surface area contributed by atoms with Crippen LogP contribution in [0.3, 0.4) is 0 Å². The molecule has 0 fully saturated rings. The summed E-state index contributed by atoms with van der Waals surface area (Å²) < 4.78 is 5.45. The summed E-state index contributed by atoms with van der Waals surface area (Å²) in [5.74, 6) is -0.176. The summed E-state index contributed by atoms with van der Waals surface area (Å²) in [7, 11) is 0. The van der Waals surface area contributed by atoms with Crippen LogP contribution in [-0.4, -0.2) is 31.7 Å². The number of hydrogen-bond acceptors (Lipinski definition) is 3. The summed E-state index contributed by atoms with van der Waals surface area (Å²) in [6.07, 6.45) is 4.64. The first-order chi connectivity index (χ1) is 13.7. The van der Waals surface area contributed by atoms with Gasteiger partial charge in [0.15, 0.2) is 0 Å². The van der Waals surface area contributed by atoms with Gasteiger partial charge in [0.05, 0.1) is 5.57 Å². The standard InChI is InChI=1S/C23H20N2O3/c26-22(16-7-1-2-8-16)24-13-14-25-23(27)28-15-21-19-11-5-3-9-17(19)18-10-4-6-12-20(18)21/h1-7,9-12,21H,13-15H2,(H,24,26)(H,25,27). The molecule has 0 saturated heterocycles. The molecular weight excluding hydrogens is 352 g/mol. The first-order valence-corrected chi connectivity index (χ1v) is 9.24. The number of alkyl carbamates (subject to hydrolysis) is 1. The highest BCUT2D eigenvalue weighted by Gasteiger charge is 2.28. The number of ether oxygens (including phenoxy) is 1. The Balaban J connectivity index is 1.28. The fourth-order valence-electron chi connectivity index (χ4n) is 3.56. The summed E-state index contributed by atoms with van der Waals surface area (Å²) >= 11 is 0. The topological polar surface area (TPSA) is 67.4 Å². The molecule has 5 heteroatoms. The van der Waals surface area contributed by atoms with Crippen molar-refractivity contribution in [3.05, 3.63) is 89.2 Å². The van der Waals surface area contributed by atoms with Crippen molar-refractivity contribution in [2.24, 2.45) is 0 Å². The van der Waals surface area contributed by atoms with E-state index in [1.165, 1.54) is 22.3 Å². The number of carbonyl (C=O) groups is 2. The molecule has 0 spiro atoms. The third kappa shape index (κ3) is 3.61.